The summed E-state index contributed by atoms with van der Waals surface area (Å²) in [4.78, 5) is 2.37. The van der Waals surface area contributed by atoms with Gasteiger partial charge in [-0.25, -0.2) is 4.39 Å². The van der Waals surface area contributed by atoms with E-state index >= 15 is 0 Å². The van der Waals surface area contributed by atoms with Crippen molar-refractivity contribution in [3.8, 4) is 5.75 Å². The van der Waals surface area contributed by atoms with E-state index < -0.39 is 0 Å². The summed E-state index contributed by atoms with van der Waals surface area (Å²) in [5.74, 6) is 0.602. The highest BCUT2D eigenvalue weighted by Gasteiger charge is 2.24. The van der Waals surface area contributed by atoms with Gasteiger partial charge < -0.3 is 10.1 Å². The molecule has 122 valence electrons. The van der Waals surface area contributed by atoms with Crippen LogP contribution in [0.5, 0.6) is 5.75 Å². The highest BCUT2D eigenvalue weighted by atomic mass is 35.5. The van der Waals surface area contributed by atoms with Gasteiger partial charge >= 0.3 is 0 Å². The van der Waals surface area contributed by atoms with Gasteiger partial charge in [-0.1, -0.05) is 13.3 Å². The first kappa shape index (κ1) is 20.5. The van der Waals surface area contributed by atoms with Gasteiger partial charge in [-0.15, -0.1) is 24.8 Å². The van der Waals surface area contributed by atoms with E-state index in [2.05, 4.69) is 17.1 Å². The van der Waals surface area contributed by atoms with Gasteiger partial charge in [0.1, 0.15) is 11.6 Å². The summed E-state index contributed by atoms with van der Waals surface area (Å²) in [6.45, 7) is 6.05. The molecule has 0 aromatic heterocycles. The van der Waals surface area contributed by atoms with Gasteiger partial charge in [-0.3, -0.25) is 4.90 Å². The molecule has 1 aromatic carbocycles. The fraction of sp³-hybridized carbons (Fsp3) is 0.600. The van der Waals surface area contributed by atoms with Gasteiger partial charge in [-0.05, 0) is 24.6 Å². The molecule has 0 aliphatic carbocycles. The molecule has 1 aliphatic rings. The van der Waals surface area contributed by atoms with E-state index in [4.69, 9.17) is 4.74 Å². The van der Waals surface area contributed by atoms with Gasteiger partial charge in [0, 0.05) is 37.8 Å². The topological polar surface area (TPSA) is 24.5 Å². The first-order chi connectivity index (χ1) is 9.26. The van der Waals surface area contributed by atoms with E-state index in [0.717, 1.165) is 50.3 Å². The van der Waals surface area contributed by atoms with Crippen LogP contribution < -0.4 is 10.1 Å². The minimum atomic E-state index is -0.127. The van der Waals surface area contributed by atoms with Gasteiger partial charge in [-0.2, -0.15) is 0 Å². The van der Waals surface area contributed by atoms with E-state index in [1.165, 1.54) is 6.07 Å². The Kier molecular flexibility index (Phi) is 9.95. The molecular weight excluding hydrogens is 314 g/mol. The second-order valence-electron chi connectivity index (χ2n) is 4.98. The van der Waals surface area contributed by atoms with E-state index in [1.54, 1.807) is 13.2 Å². The second kappa shape index (κ2) is 10.2. The van der Waals surface area contributed by atoms with Crippen LogP contribution in [-0.2, 0) is 0 Å². The molecule has 0 unspecified atom stereocenters. The largest absolute Gasteiger partial charge is 0.497 e. The Morgan fingerprint density at radius 2 is 1.95 bits per heavy atom. The number of rotatable bonds is 5. The van der Waals surface area contributed by atoms with Gasteiger partial charge in [0.05, 0.1) is 7.11 Å². The molecule has 0 radical (unpaired) electrons. The van der Waals surface area contributed by atoms with Crippen LogP contribution in [0.15, 0.2) is 18.2 Å². The molecule has 0 saturated carbocycles. The number of methoxy groups -OCH3 is 1. The van der Waals surface area contributed by atoms with Gasteiger partial charge in [0.25, 0.3) is 0 Å². The summed E-state index contributed by atoms with van der Waals surface area (Å²) in [5.41, 5.74) is 0.767. The smallest absolute Gasteiger partial charge is 0.128 e. The molecule has 1 atom stereocenters. The van der Waals surface area contributed by atoms with Crippen LogP contribution in [0.4, 0.5) is 4.39 Å². The Balaban J connectivity index is 0.00000200. The quantitative estimate of drug-likeness (QED) is 0.890. The Labute approximate surface area is 139 Å². The van der Waals surface area contributed by atoms with Crippen molar-refractivity contribution in [2.45, 2.75) is 25.8 Å². The lowest BCUT2D eigenvalue weighted by atomic mass is 9.99. The zero-order chi connectivity index (χ0) is 13.7. The summed E-state index contributed by atoms with van der Waals surface area (Å²) < 4.78 is 19.4. The first-order valence-corrected chi connectivity index (χ1v) is 7.04. The Morgan fingerprint density at radius 1 is 1.29 bits per heavy atom. The molecule has 0 bridgehead atoms. The van der Waals surface area contributed by atoms with Crippen molar-refractivity contribution < 1.29 is 9.13 Å². The third-order valence-corrected chi connectivity index (χ3v) is 3.72. The lowest BCUT2D eigenvalue weighted by molar-refractivity contribution is 0.161. The summed E-state index contributed by atoms with van der Waals surface area (Å²) in [5, 5.41) is 3.34. The van der Waals surface area contributed by atoms with E-state index in [-0.39, 0.29) is 36.7 Å². The van der Waals surface area contributed by atoms with E-state index in [9.17, 15) is 4.39 Å². The summed E-state index contributed by atoms with van der Waals surface area (Å²) in [6, 6.07) is 5.19. The first-order valence-electron chi connectivity index (χ1n) is 7.04. The maximum absolute atomic E-state index is 14.1. The molecule has 1 aliphatic heterocycles. The molecule has 2 rings (SSSR count). The van der Waals surface area contributed by atoms with Crippen LogP contribution in [0.1, 0.15) is 31.4 Å². The molecule has 0 spiro atoms. The maximum atomic E-state index is 14.1. The lowest BCUT2D eigenvalue weighted by Gasteiger charge is -2.35. The minimum absolute atomic E-state index is 0. The third-order valence-electron chi connectivity index (χ3n) is 3.72. The molecule has 6 heteroatoms. The van der Waals surface area contributed by atoms with Gasteiger partial charge in [0.15, 0.2) is 0 Å². The zero-order valence-corrected chi connectivity index (χ0v) is 14.2. The van der Waals surface area contributed by atoms with Crippen molar-refractivity contribution in [2.75, 3.05) is 33.3 Å². The molecule has 1 aromatic rings. The van der Waals surface area contributed by atoms with Crippen LogP contribution in [0.25, 0.3) is 0 Å². The van der Waals surface area contributed by atoms with Crippen molar-refractivity contribution in [2.24, 2.45) is 0 Å². The molecule has 1 N–H and O–H groups in total. The average Bonchev–Trinajstić information content (AvgIpc) is 2.47. The predicted octanol–water partition coefficient (Wildman–Crippen LogP) is 3.42. The normalized spacial score (nSPS) is 16.5. The number of nitrogens with zero attached hydrogens (tertiary/aromatic N) is 1. The molecule has 3 nitrogen and oxygen atoms in total. The summed E-state index contributed by atoms with van der Waals surface area (Å²) in [6.07, 6.45) is 2.02. The monoisotopic (exact) mass is 338 g/mol. The van der Waals surface area contributed by atoms with Crippen LogP contribution >= 0.6 is 24.8 Å². The highest BCUT2D eigenvalue weighted by Crippen LogP contribution is 2.30. The summed E-state index contributed by atoms with van der Waals surface area (Å²) in [7, 11) is 1.62. The molecular formula is C15H25Cl2FN2O. The number of halogens is 3. The molecule has 0 amide bonds. The lowest BCUT2D eigenvalue weighted by Crippen LogP contribution is -2.45. The molecule has 1 heterocycles. The fourth-order valence-corrected chi connectivity index (χ4v) is 2.71. The summed E-state index contributed by atoms with van der Waals surface area (Å²) >= 11 is 0. The maximum Gasteiger partial charge on any atom is 0.128 e. The number of nitrogens with one attached hydrogen (secondary N) is 1. The third kappa shape index (κ3) is 5.29. The number of benzene rings is 1. The van der Waals surface area contributed by atoms with Crippen molar-refractivity contribution in [3.63, 3.8) is 0 Å². The minimum Gasteiger partial charge on any atom is -0.497 e. The van der Waals surface area contributed by atoms with Gasteiger partial charge in [0.2, 0.25) is 0 Å². The number of piperazine rings is 1. The van der Waals surface area contributed by atoms with E-state index in [1.807, 2.05) is 6.07 Å². The molecule has 1 saturated heterocycles. The van der Waals surface area contributed by atoms with Crippen LogP contribution in [0, 0.1) is 5.82 Å². The van der Waals surface area contributed by atoms with Crippen LogP contribution in [-0.4, -0.2) is 38.2 Å². The highest BCUT2D eigenvalue weighted by molar-refractivity contribution is 5.85. The Bertz CT molecular complexity index is 415. The number of hydrogen-bond acceptors (Lipinski definition) is 3. The van der Waals surface area contributed by atoms with Crippen molar-refractivity contribution >= 4 is 24.8 Å². The fourth-order valence-electron chi connectivity index (χ4n) is 2.71. The van der Waals surface area contributed by atoms with Crippen molar-refractivity contribution in [1.29, 1.82) is 0 Å². The van der Waals surface area contributed by atoms with Crippen LogP contribution in [0.2, 0.25) is 0 Å². The number of hydrogen-bond donors (Lipinski definition) is 1. The van der Waals surface area contributed by atoms with E-state index in [0.29, 0.717) is 0 Å². The zero-order valence-electron chi connectivity index (χ0n) is 12.6. The Hall–Kier alpha value is -0.550. The standard InChI is InChI=1S/C15H23FN2O.2ClH/c1-3-4-15(18-9-7-17-8-10-18)13-11-12(19-2)5-6-14(13)16;;/h5-6,11,15,17H,3-4,7-10H2,1-2H3;2*1H/t15-;;/m0../s1. The molecule has 1 fully saturated rings. The predicted molar refractivity (Wildman–Crippen MR) is 89.5 cm³/mol. The second-order valence-corrected chi connectivity index (χ2v) is 4.98. The number of ether oxygens (including phenoxy) is 1. The SMILES string of the molecule is CCC[C@@H](c1cc(OC)ccc1F)N1CCNCC1.Cl.Cl. The van der Waals surface area contributed by atoms with Crippen LogP contribution in [0.3, 0.4) is 0 Å². The Morgan fingerprint density at radius 3 is 2.52 bits per heavy atom. The average molecular weight is 339 g/mol. The molecule has 21 heavy (non-hydrogen) atoms. The van der Waals surface area contributed by atoms with Crippen molar-refractivity contribution in [3.05, 3.63) is 29.6 Å². The van der Waals surface area contributed by atoms with Crippen molar-refractivity contribution in [1.82, 2.24) is 10.2 Å².